The van der Waals surface area contributed by atoms with Crippen molar-refractivity contribution in [1.29, 1.82) is 0 Å². The third-order valence-corrected chi connectivity index (χ3v) is 3.63. The van der Waals surface area contributed by atoms with Crippen LogP contribution in [-0.2, 0) is 9.53 Å². The van der Waals surface area contributed by atoms with Crippen LogP contribution in [0, 0.1) is 5.41 Å². The zero-order valence-electron chi connectivity index (χ0n) is 10.9. The number of ether oxygens (including phenoxy) is 1. The molecular weight excluding hydrogens is 202 g/mol. The Morgan fingerprint density at radius 3 is 2.81 bits per heavy atom. The summed E-state index contributed by atoms with van der Waals surface area (Å²) >= 11 is 0. The molecular formula is C13H25NO2. The lowest BCUT2D eigenvalue weighted by Gasteiger charge is -2.37. The van der Waals surface area contributed by atoms with Gasteiger partial charge in [-0.25, -0.2) is 0 Å². The van der Waals surface area contributed by atoms with E-state index in [-0.39, 0.29) is 5.41 Å². The molecule has 1 rings (SSSR count). The summed E-state index contributed by atoms with van der Waals surface area (Å²) in [6.45, 7) is 6.66. The average molecular weight is 227 g/mol. The first kappa shape index (κ1) is 13.7. The average Bonchev–Trinajstić information content (AvgIpc) is 2.30. The molecule has 0 aliphatic carbocycles. The largest absolute Gasteiger partial charge is 0.380 e. The van der Waals surface area contributed by atoms with Crippen molar-refractivity contribution in [3.63, 3.8) is 0 Å². The summed E-state index contributed by atoms with van der Waals surface area (Å²) < 4.78 is 5.46. The highest BCUT2D eigenvalue weighted by molar-refractivity contribution is 5.60. The number of rotatable bonds is 6. The fourth-order valence-corrected chi connectivity index (χ4v) is 2.42. The van der Waals surface area contributed by atoms with Crippen LogP contribution in [0.5, 0.6) is 0 Å². The molecule has 2 unspecified atom stereocenters. The van der Waals surface area contributed by atoms with Gasteiger partial charge in [0.1, 0.15) is 6.29 Å². The van der Waals surface area contributed by atoms with Crippen LogP contribution < -0.4 is 0 Å². The van der Waals surface area contributed by atoms with Crippen LogP contribution in [0.1, 0.15) is 39.5 Å². The van der Waals surface area contributed by atoms with E-state index < -0.39 is 0 Å². The number of aldehydes is 1. The van der Waals surface area contributed by atoms with Crippen molar-refractivity contribution in [2.24, 2.45) is 5.41 Å². The predicted octanol–water partition coefficient (Wildman–Crippen LogP) is 2.10. The maximum atomic E-state index is 11.3. The van der Waals surface area contributed by atoms with E-state index in [9.17, 15) is 4.79 Å². The number of hydrogen-bond acceptors (Lipinski definition) is 3. The summed E-state index contributed by atoms with van der Waals surface area (Å²) in [6.07, 6.45) is 5.47. The molecule has 16 heavy (non-hydrogen) atoms. The third kappa shape index (κ3) is 3.56. The summed E-state index contributed by atoms with van der Waals surface area (Å²) in [6, 6.07) is 0.545. The van der Waals surface area contributed by atoms with E-state index in [0.717, 1.165) is 32.3 Å². The van der Waals surface area contributed by atoms with Gasteiger partial charge in [0.2, 0.25) is 0 Å². The molecule has 0 radical (unpaired) electrons. The van der Waals surface area contributed by atoms with Crippen LogP contribution in [0.2, 0.25) is 0 Å². The zero-order chi connectivity index (χ0) is 12.0. The van der Waals surface area contributed by atoms with E-state index in [1.807, 2.05) is 0 Å². The molecule has 1 fully saturated rings. The summed E-state index contributed by atoms with van der Waals surface area (Å²) in [4.78, 5) is 13.6. The van der Waals surface area contributed by atoms with Gasteiger partial charge >= 0.3 is 0 Å². The van der Waals surface area contributed by atoms with Crippen LogP contribution >= 0.6 is 0 Å². The predicted molar refractivity (Wildman–Crippen MR) is 65.6 cm³/mol. The summed E-state index contributed by atoms with van der Waals surface area (Å²) in [5, 5.41) is 0. The molecule has 1 heterocycles. The minimum atomic E-state index is -0.255. The number of nitrogens with zero attached hydrogens (tertiary/aromatic N) is 1. The Kier molecular flexibility index (Phi) is 5.42. The lowest BCUT2D eigenvalue weighted by Crippen LogP contribution is -2.45. The van der Waals surface area contributed by atoms with Crippen LogP contribution in [0.25, 0.3) is 0 Å². The number of hydrogen-bond donors (Lipinski definition) is 0. The van der Waals surface area contributed by atoms with Crippen molar-refractivity contribution in [1.82, 2.24) is 4.90 Å². The first-order valence-electron chi connectivity index (χ1n) is 6.38. The second-order valence-corrected chi connectivity index (χ2v) is 5.19. The van der Waals surface area contributed by atoms with Crippen molar-refractivity contribution in [2.75, 3.05) is 26.8 Å². The topological polar surface area (TPSA) is 29.5 Å². The van der Waals surface area contributed by atoms with Gasteiger partial charge in [-0.2, -0.15) is 0 Å². The summed E-state index contributed by atoms with van der Waals surface area (Å²) in [5.74, 6) is 0. The van der Waals surface area contributed by atoms with E-state index in [0.29, 0.717) is 12.6 Å². The van der Waals surface area contributed by atoms with Crippen molar-refractivity contribution < 1.29 is 9.53 Å². The van der Waals surface area contributed by atoms with E-state index in [1.165, 1.54) is 12.8 Å². The van der Waals surface area contributed by atoms with Gasteiger partial charge in [0, 0.05) is 19.2 Å². The van der Waals surface area contributed by atoms with Gasteiger partial charge in [0.15, 0.2) is 0 Å². The normalized spacial score (nSPS) is 28.0. The lowest BCUT2D eigenvalue weighted by molar-refractivity contribution is -0.125. The molecule has 0 aromatic carbocycles. The Bertz CT molecular complexity index is 212. The molecule has 0 N–H and O–H groups in total. The fourth-order valence-electron chi connectivity index (χ4n) is 2.42. The Morgan fingerprint density at radius 1 is 1.56 bits per heavy atom. The second-order valence-electron chi connectivity index (χ2n) is 5.19. The van der Waals surface area contributed by atoms with Crippen molar-refractivity contribution >= 4 is 6.29 Å². The van der Waals surface area contributed by atoms with Gasteiger partial charge in [0.05, 0.1) is 12.0 Å². The van der Waals surface area contributed by atoms with E-state index >= 15 is 0 Å². The molecule has 0 saturated carbocycles. The molecule has 1 aliphatic rings. The molecule has 0 aromatic heterocycles. The Labute approximate surface area is 99.1 Å². The highest BCUT2D eigenvalue weighted by Gasteiger charge is 2.34. The third-order valence-electron chi connectivity index (χ3n) is 3.63. The molecule has 0 bridgehead atoms. The Balaban J connectivity index is 2.51. The smallest absolute Gasteiger partial charge is 0.129 e. The van der Waals surface area contributed by atoms with E-state index in [2.05, 4.69) is 25.8 Å². The van der Waals surface area contributed by atoms with Gasteiger partial charge in [-0.15, -0.1) is 0 Å². The van der Waals surface area contributed by atoms with Gasteiger partial charge in [-0.3, -0.25) is 0 Å². The van der Waals surface area contributed by atoms with Crippen LogP contribution in [0.3, 0.4) is 0 Å². The first-order chi connectivity index (χ1) is 7.63. The maximum absolute atomic E-state index is 11.3. The molecule has 2 atom stereocenters. The first-order valence-corrected chi connectivity index (χ1v) is 6.38. The fraction of sp³-hybridized carbons (Fsp3) is 0.923. The monoisotopic (exact) mass is 227 g/mol. The molecule has 0 amide bonds. The molecule has 0 spiro atoms. The Morgan fingerprint density at radius 2 is 2.31 bits per heavy atom. The van der Waals surface area contributed by atoms with Gasteiger partial charge in [0.25, 0.3) is 0 Å². The molecule has 3 nitrogen and oxygen atoms in total. The van der Waals surface area contributed by atoms with Crippen LogP contribution in [-0.4, -0.2) is 44.0 Å². The number of carbonyl (C=O) groups excluding carboxylic acids is 1. The molecule has 0 aromatic rings. The molecule has 1 aliphatic heterocycles. The molecule has 1 saturated heterocycles. The molecule has 94 valence electrons. The zero-order valence-corrected chi connectivity index (χ0v) is 10.9. The minimum Gasteiger partial charge on any atom is -0.380 e. The van der Waals surface area contributed by atoms with Crippen LogP contribution in [0.15, 0.2) is 0 Å². The van der Waals surface area contributed by atoms with Crippen molar-refractivity contribution in [3.8, 4) is 0 Å². The number of carbonyl (C=O) groups is 1. The molecule has 3 heteroatoms. The standard InChI is InChI=1S/C13H25NO2/c1-4-6-12(2)14(3)9-13(10-15)7-5-8-16-11-13/h10,12H,4-9,11H2,1-3H3. The van der Waals surface area contributed by atoms with Crippen molar-refractivity contribution in [2.45, 2.75) is 45.6 Å². The highest BCUT2D eigenvalue weighted by atomic mass is 16.5. The maximum Gasteiger partial charge on any atom is 0.129 e. The highest BCUT2D eigenvalue weighted by Crippen LogP contribution is 2.28. The van der Waals surface area contributed by atoms with E-state index in [1.54, 1.807) is 0 Å². The van der Waals surface area contributed by atoms with Gasteiger partial charge in [-0.1, -0.05) is 13.3 Å². The van der Waals surface area contributed by atoms with Crippen molar-refractivity contribution in [3.05, 3.63) is 0 Å². The lowest BCUT2D eigenvalue weighted by atomic mass is 9.83. The van der Waals surface area contributed by atoms with Crippen LogP contribution in [0.4, 0.5) is 0 Å². The summed E-state index contributed by atoms with van der Waals surface area (Å²) in [5.41, 5.74) is -0.255. The second kappa shape index (κ2) is 6.36. The SMILES string of the molecule is CCCC(C)N(C)CC1(C=O)CCCOC1. The minimum absolute atomic E-state index is 0.255. The Hall–Kier alpha value is -0.410. The quantitative estimate of drug-likeness (QED) is 0.651. The summed E-state index contributed by atoms with van der Waals surface area (Å²) in [7, 11) is 2.11. The van der Waals surface area contributed by atoms with Gasteiger partial charge < -0.3 is 14.4 Å². The van der Waals surface area contributed by atoms with E-state index in [4.69, 9.17) is 4.74 Å². The van der Waals surface area contributed by atoms with Gasteiger partial charge in [-0.05, 0) is 33.2 Å².